The van der Waals surface area contributed by atoms with Crippen LogP contribution in [0.25, 0.3) is 0 Å². The van der Waals surface area contributed by atoms with E-state index in [4.69, 9.17) is 37.1 Å². The van der Waals surface area contributed by atoms with Crippen molar-refractivity contribution in [1.82, 2.24) is 16.0 Å². The van der Waals surface area contributed by atoms with Gasteiger partial charge in [0.2, 0.25) is 5.91 Å². The number of likely N-dealkylation sites (N-methyl/N-ethyl adjacent to an activating group) is 1. The third-order valence-corrected chi connectivity index (χ3v) is 8.60. The predicted octanol–water partition coefficient (Wildman–Crippen LogP) is -5.37. The number of aliphatic hydroxyl groups is 5. The number of aliphatic hydroxyl groups excluding tert-OH is 4. The highest BCUT2D eigenvalue weighted by atomic mass is 16.7. The molecule has 2 unspecified atom stereocenters. The number of amides is 1. The SMILES string of the molecule is CN[C@@H]1[C@@H](O)[C@@H](O[C@@H]2[C@@H](O)[C@H](C3OC(CNCCCC(O)CN)=CC[C@H]3N)[C@@H](N)C[C@H]2NC(=O)[C@@H](O)CN)OC[C@]1(C)O. The Morgan fingerprint density at radius 3 is 2.56 bits per heavy atom. The molecule has 2 heterocycles. The van der Waals surface area contributed by atoms with Gasteiger partial charge in [0.1, 0.15) is 35.8 Å². The molecule has 16 N–H and O–H groups in total. The van der Waals surface area contributed by atoms with Crippen LogP contribution in [0.5, 0.6) is 0 Å². The average Bonchev–Trinajstić information content (AvgIpc) is 2.96. The van der Waals surface area contributed by atoms with E-state index in [0.29, 0.717) is 31.7 Å². The van der Waals surface area contributed by atoms with Gasteiger partial charge in [-0.25, -0.2) is 0 Å². The molecule has 1 aliphatic carbocycles. The molecule has 16 heteroatoms. The van der Waals surface area contributed by atoms with Crippen molar-refractivity contribution < 1.29 is 44.5 Å². The van der Waals surface area contributed by atoms with Gasteiger partial charge >= 0.3 is 0 Å². The Morgan fingerprint density at radius 1 is 1.19 bits per heavy atom. The van der Waals surface area contributed by atoms with Gasteiger partial charge in [-0.3, -0.25) is 4.79 Å². The van der Waals surface area contributed by atoms with Crippen molar-refractivity contribution in [2.24, 2.45) is 28.9 Å². The molecule has 0 aromatic rings. The largest absolute Gasteiger partial charge is 0.492 e. The van der Waals surface area contributed by atoms with Crippen LogP contribution in [0.3, 0.4) is 0 Å². The minimum absolute atomic E-state index is 0.124. The third kappa shape index (κ3) is 9.03. The molecule has 1 amide bonds. The summed E-state index contributed by atoms with van der Waals surface area (Å²) in [6.45, 7) is 2.29. The van der Waals surface area contributed by atoms with Crippen molar-refractivity contribution in [3.05, 3.63) is 11.8 Å². The van der Waals surface area contributed by atoms with Crippen molar-refractivity contribution in [2.45, 2.75) is 105 Å². The maximum Gasteiger partial charge on any atom is 0.250 e. The van der Waals surface area contributed by atoms with E-state index >= 15 is 0 Å². The van der Waals surface area contributed by atoms with Crippen LogP contribution in [-0.4, -0.2) is 144 Å². The summed E-state index contributed by atoms with van der Waals surface area (Å²) in [5, 5.41) is 61.8. The standard InChI is InChI=1S/C27H53N7O9/c1-27(40)12-41-26(21(38)24(27)32-2)43-23-17(34-25(39)18(36)10-29)8-16(31)19(20(23)37)22-15(30)6-5-14(42-22)11-33-7-3-4-13(35)9-28/h5,13,15-24,26,32-33,35-38,40H,3-4,6-12,28-31H2,1-2H3,(H,34,39)/t13?,15-,16+,17-,18+,19-,20+,21-,22?,23+,24-,26-,27+/m1/s1. The smallest absolute Gasteiger partial charge is 0.250 e. The fraction of sp³-hybridized carbons (Fsp3) is 0.889. The second-order valence-electron chi connectivity index (χ2n) is 12.1. The number of rotatable bonds is 14. The molecule has 3 rings (SSSR count). The Hall–Kier alpha value is -1.51. The normalized spacial score (nSPS) is 39.8. The molecular weight excluding hydrogens is 566 g/mol. The highest BCUT2D eigenvalue weighted by Crippen LogP contribution is 2.36. The zero-order valence-electron chi connectivity index (χ0n) is 25.0. The predicted molar refractivity (Wildman–Crippen MR) is 156 cm³/mol. The summed E-state index contributed by atoms with van der Waals surface area (Å²) < 4.78 is 18.1. The topological polar surface area (TPSA) is 286 Å². The van der Waals surface area contributed by atoms with Crippen LogP contribution in [0.2, 0.25) is 0 Å². The van der Waals surface area contributed by atoms with Gasteiger partial charge in [0.05, 0.1) is 37.4 Å². The molecule has 3 aliphatic rings. The lowest BCUT2D eigenvalue weighted by molar-refractivity contribution is -0.297. The molecule has 0 spiro atoms. The van der Waals surface area contributed by atoms with E-state index in [9.17, 15) is 30.3 Å². The van der Waals surface area contributed by atoms with Crippen molar-refractivity contribution in [2.75, 3.05) is 39.8 Å². The summed E-state index contributed by atoms with van der Waals surface area (Å²) in [5.74, 6) is -0.865. The molecule has 0 radical (unpaired) electrons. The highest BCUT2D eigenvalue weighted by Gasteiger charge is 2.53. The molecule has 13 atom stereocenters. The number of hydrogen-bond donors (Lipinski definition) is 12. The van der Waals surface area contributed by atoms with Crippen molar-refractivity contribution in [3.8, 4) is 0 Å². The van der Waals surface area contributed by atoms with Gasteiger partial charge in [0.15, 0.2) is 6.29 Å². The molecule has 1 saturated heterocycles. The zero-order chi connectivity index (χ0) is 31.9. The van der Waals surface area contributed by atoms with E-state index in [0.717, 1.165) is 6.42 Å². The Balaban J connectivity index is 1.76. The molecule has 43 heavy (non-hydrogen) atoms. The van der Waals surface area contributed by atoms with Crippen LogP contribution >= 0.6 is 0 Å². The fourth-order valence-electron chi connectivity index (χ4n) is 6.14. The van der Waals surface area contributed by atoms with Crippen LogP contribution in [0.1, 0.15) is 32.6 Å². The van der Waals surface area contributed by atoms with Gasteiger partial charge in [-0.05, 0) is 52.3 Å². The van der Waals surface area contributed by atoms with Gasteiger partial charge in [0.25, 0.3) is 0 Å². The lowest BCUT2D eigenvalue weighted by atomic mass is 9.72. The molecular formula is C27H53N7O9. The number of carbonyl (C=O) groups excluding carboxylic acids is 1. The van der Waals surface area contributed by atoms with Gasteiger partial charge < -0.3 is 78.6 Å². The van der Waals surface area contributed by atoms with Crippen LogP contribution in [0.4, 0.5) is 0 Å². The molecule has 1 saturated carbocycles. The van der Waals surface area contributed by atoms with Gasteiger partial charge in [-0.1, -0.05) is 0 Å². The first-order chi connectivity index (χ1) is 20.3. The first kappa shape index (κ1) is 36.0. The molecule has 16 nitrogen and oxygen atoms in total. The number of hydrogen-bond acceptors (Lipinski definition) is 15. The number of nitrogens with one attached hydrogen (secondary N) is 3. The highest BCUT2D eigenvalue weighted by molar-refractivity contribution is 5.81. The Morgan fingerprint density at radius 2 is 1.91 bits per heavy atom. The van der Waals surface area contributed by atoms with E-state index in [1.165, 1.54) is 6.92 Å². The monoisotopic (exact) mass is 619 g/mol. The molecule has 250 valence electrons. The van der Waals surface area contributed by atoms with E-state index in [1.807, 2.05) is 6.08 Å². The summed E-state index contributed by atoms with van der Waals surface area (Å²) in [6, 6.07) is -2.90. The Kier molecular flexibility index (Phi) is 13.5. The van der Waals surface area contributed by atoms with E-state index in [1.54, 1.807) is 7.05 Å². The first-order valence-corrected chi connectivity index (χ1v) is 15.0. The lowest BCUT2D eigenvalue weighted by Gasteiger charge is -2.50. The maximum absolute atomic E-state index is 12.6. The number of ether oxygens (including phenoxy) is 3. The van der Waals surface area contributed by atoms with Crippen LogP contribution in [0.15, 0.2) is 11.8 Å². The summed E-state index contributed by atoms with van der Waals surface area (Å²) in [6.07, 6.45) is -4.04. The Bertz CT molecular complexity index is 916. The molecule has 0 aromatic heterocycles. The second-order valence-corrected chi connectivity index (χ2v) is 12.1. The molecule has 2 fully saturated rings. The fourth-order valence-corrected chi connectivity index (χ4v) is 6.14. The van der Waals surface area contributed by atoms with Gasteiger partial charge in [0, 0.05) is 31.1 Å². The minimum atomic E-state index is -1.49. The van der Waals surface area contributed by atoms with E-state index < -0.39 is 84.5 Å². The van der Waals surface area contributed by atoms with E-state index in [-0.39, 0.29) is 26.1 Å². The average molecular weight is 620 g/mol. The minimum Gasteiger partial charge on any atom is -0.492 e. The lowest BCUT2D eigenvalue weighted by Crippen LogP contribution is -2.69. The molecule has 0 aromatic carbocycles. The second kappa shape index (κ2) is 16.2. The van der Waals surface area contributed by atoms with Crippen LogP contribution in [-0.2, 0) is 19.0 Å². The zero-order valence-corrected chi connectivity index (χ0v) is 25.0. The number of nitrogens with two attached hydrogens (primary N) is 4. The van der Waals surface area contributed by atoms with Crippen LogP contribution < -0.4 is 38.9 Å². The third-order valence-electron chi connectivity index (χ3n) is 8.60. The van der Waals surface area contributed by atoms with Gasteiger partial charge in [-0.15, -0.1) is 0 Å². The van der Waals surface area contributed by atoms with Crippen molar-refractivity contribution in [1.29, 1.82) is 0 Å². The van der Waals surface area contributed by atoms with Crippen LogP contribution in [0, 0.1) is 5.92 Å². The summed E-state index contributed by atoms with van der Waals surface area (Å²) in [4.78, 5) is 12.6. The summed E-state index contributed by atoms with van der Waals surface area (Å²) in [7, 11) is 1.58. The number of carbonyl (C=O) groups is 1. The first-order valence-electron chi connectivity index (χ1n) is 15.0. The van der Waals surface area contributed by atoms with Crippen molar-refractivity contribution >= 4 is 5.91 Å². The summed E-state index contributed by atoms with van der Waals surface area (Å²) in [5.41, 5.74) is 22.5. The molecule has 2 aliphatic heterocycles. The maximum atomic E-state index is 12.6. The van der Waals surface area contributed by atoms with Crippen molar-refractivity contribution in [3.63, 3.8) is 0 Å². The summed E-state index contributed by atoms with van der Waals surface area (Å²) >= 11 is 0. The molecule has 0 bridgehead atoms. The Labute approximate surface area is 252 Å². The quantitative estimate of drug-likeness (QED) is 0.0808. The van der Waals surface area contributed by atoms with Gasteiger partial charge in [-0.2, -0.15) is 0 Å². The van der Waals surface area contributed by atoms with E-state index in [2.05, 4.69) is 16.0 Å².